The molecule has 0 amide bonds. The van der Waals surface area contributed by atoms with Crippen LogP contribution in [0.5, 0.6) is 0 Å². The van der Waals surface area contributed by atoms with Gasteiger partial charge >= 0.3 is 38.6 Å². The molecule has 0 fully saturated rings. The number of hydrogen-bond donors (Lipinski definition) is 0. The van der Waals surface area contributed by atoms with Gasteiger partial charge < -0.3 is 5.84 Å². The van der Waals surface area contributed by atoms with Gasteiger partial charge in [0.15, 0.2) is 0 Å². The molecule has 0 aliphatic rings. The van der Waals surface area contributed by atoms with Crippen LogP contribution in [-0.2, 0) is 17.9 Å². The van der Waals surface area contributed by atoms with Crippen molar-refractivity contribution in [1.29, 1.82) is 0 Å². The van der Waals surface area contributed by atoms with Crippen LogP contribution in [0.2, 0.25) is 0 Å². The molecule has 18 heavy (non-hydrogen) atoms. The molecule has 95 valence electrons. The van der Waals surface area contributed by atoms with E-state index in [1.165, 1.54) is 5.56 Å². The number of nitrogens with one attached hydrogen (secondary N) is 1. The van der Waals surface area contributed by atoms with E-state index in [4.69, 9.17) is 17.3 Å². The third kappa shape index (κ3) is 7.56. The van der Waals surface area contributed by atoms with Gasteiger partial charge in [0.05, 0.1) is 4.95 Å². The van der Waals surface area contributed by atoms with Gasteiger partial charge in [-0.3, -0.25) is 0 Å². The first-order valence-electron chi connectivity index (χ1n) is 5.53. The van der Waals surface area contributed by atoms with Crippen LogP contribution in [0.15, 0.2) is 24.3 Å². The Balaban J connectivity index is 0.00000137. The number of rotatable bonds is 5. The number of benzene rings is 1. The first-order chi connectivity index (χ1) is 8.61. The summed E-state index contributed by atoms with van der Waals surface area (Å²) in [4.78, 5) is 7.94. The second-order valence-electron chi connectivity index (χ2n) is 4.08. The van der Waals surface area contributed by atoms with Gasteiger partial charge in [-0.1, -0.05) is 38.1 Å². The quantitative estimate of drug-likeness (QED) is 0.618. The molecule has 0 saturated heterocycles. The SMILES string of the molecule is C#[N+]N([NH-])OCc1ccc(CC(C)C)cc1.[CH]#[U]. The van der Waals surface area contributed by atoms with Gasteiger partial charge in [-0.15, -0.1) is 0 Å². The maximum absolute atomic E-state index is 7.02. The van der Waals surface area contributed by atoms with Gasteiger partial charge in [-0.05, 0) is 28.7 Å². The molecule has 0 aliphatic heterocycles. The van der Waals surface area contributed by atoms with Crippen LogP contribution in [0.25, 0.3) is 10.8 Å². The van der Waals surface area contributed by atoms with E-state index in [1.807, 2.05) is 12.1 Å². The molecular weight excluding hydrogens is 452 g/mol. The fourth-order valence-corrected chi connectivity index (χ4v) is 1.41. The Labute approximate surface area is 127 Å². The maximum atomic E-state index is 7.02. The van der Waals surface area contributed by atoms with Crippen molar-refractivity contribution < 1.29 is 33.5 Å². The Kier molecular flexibility index (Phi) is 9.79. The summed E-state index contributed by atoms with van der Waals surface area (Å²) in [5.41, 5.74) is 2.30. The summed E-state index contributed by atoms with van der Waals surface area (Å²) in [6, 6.07) is 8.13. The third-order valence-electron chi connectivity index (χ3n) is 2.13. The summed E-state index contributed by atoms with van der Waals surface area (Å²) in [5.74, 6) is 7.68. The second kappa shape index (κ2) is 10.2. The summed E-state index contributed by atoms with van der Waals surface area (Å²) in [6.07, 6.45) is 1.07. The van der Waals surface area contributed by atoms with Crippen LogP contribution in [0, 0.1) is 44.5 Å². The number of nitrogens with zero attached hydrogens (tertiary/aromatic N) is 2. The summed E-state index contributed by atoms with van der Waals surface area (Å²) in [7, 11) is 0. The van der Waals surface area contributed by atoms with Crippen LogP contribution >= 0.6 is 0 Å². The Morgan fingerprint density at radius 2 is 1.78 bits per heavy atom. The van der Waals surface area contributed by atoms with Crippen molar-refractivity contribution in [2.75, 3.05) is 0 Å². The van der Waals surface area contributed by atoms with Gasteiger partial charge in [-0.2, -0.15) is 0 Å². The predicted molar refractivity (Wildman–Crippen MR) is 69.2 cm³/mol. The zero-order valence-corrected chi connectivity index (χ0v) is 14.9. The molecule has 0 aliphatic carbocycles. The van der Waals surface area contributed by atoms with Crippen LogP contribution < -0.4 is 0 Å². The molecular formula is C13H18N3OU. The normalized spacial score (nSPS) is 9.33. The van der Waals surface area contributed by atoms with E-state index >= 15 is 0 Å². The van der Waals surface area contributed by atoms with Crippen molar-refractivity contribution in [3.63, 3.8) is 0 Å². The fourth-order valence-electron chi connectivity index (χ4n) is 1.41. The summed E-state index contributed by atoms with van der Waals surface area (Å²) >= 11 is 0.658. The topological polar surface area (TPSA) is 40.6 Å². The van der Waals surface area contributed by atoms with Crippen LogP contribution in [0.3, 0.4) is 0 Å². The molecule has 5 heteroatoms. The van der Waals surface area contributed by atoms with Crippen molar-refractivity contribution in [2.24, 2.45) is 5.92 Å². The molecule has 0 aromatic heterocycles. The Morgan fingerprint density at radius 1 is 1.28 bits per heavy atom. The van der Waals surface area contributed by atoms with Crippen LogP contribution in [0.4, 0.5) is 0 Å². The number of hydrogen-bond acceptors (Lipinski definition) is 2. The molecule has 0 unspecified atom stereocenters. The van der Waals surface area contributed by atoms with Crippen molar-refractivity contribution in [3.05, 3.63) is 46.2 Å². The van der Waals surface area contributed by atoms with E-state index < -0.39 is 0 Å². The van der Waals surface area contributed by atoms with E-state index in [-0.39, 0.29) is 0 Å². The van der Waals surface area contributed by atoms with Gasteiger partial charge in [0.25, 0.3) is 0 Å². The van der Waals surface area contributed by atoms with E-state index in [0.717, 1.165) is 12.0 Å². The monoisotopic (exact) mass is 470 g/mol. The average molecular weight is 470 g/mol. The molecule has 0 radical (unpaired) electrons. The first-order valence-corrected chi connectivity index (χ1v) is 7.94. The van der Waals surface area contributed by atoms with E-state index in [0.29, 0.717) is 46.5 Å². The molecule has 1 aromatic rings. The molecule has 0 bridgehead atoms. The first kappa shape index (κ1) is 17.3. The van der Waals surface area contributed by atoms with Crippen molar-refractivity contribution >= 4 is 0 Å². The molecule has 1 N–H and O–H groups in total. The molecule has 0 atom stereocenters. The minimum absolute atomic E-state index is 0.298. The van der Waals surface area contributed by atoms with E-state index in [2.05, 4.69) is 34.3 Å². The summed E-state index contributed by atoms with van der Waals surface area (Å²) < 4.78 is 4.67. The zero-order valence-electron chi connectivity index (χ0n) is 10.8. The van der Waals surface area contributed by atoms with E-state index in [9.17, 15) is 0 Å². The predicted octanol–water partition coefficient (Wildman–Crippen LogP) is 3.59. The van der Waals surface area contributed by atoms with Crippen molar-refractivity contribution in [2.45, 2.75) is 26.9 Å². The molecule has 1 rings (SSSR count). The van der Waals surface area contributed by atoms with Gasteiger partial charge in [0.2, 0.25) is 0 Å². The van der Waals surface area contributed by atoms with Gasteiger partial charge in [0, 0.05) is 0 Å². The van der Waals surface area contributed by atoms with Crippen LogP contribution in [0.1, 0.15) is 25.0 Å². The molecule has 4 nitrogen and oxygen atoms in total. The minimum atomic E-state index is 0.298. The molecule has 0 saturated carbocycles. The third-order valence-corrected chi connectivity index (χ3v) is 2.13. The van der Waals surface area contributed by atoms with Crippen molar-refractivity contribution in [1.82, 2.24) is 5.28 Å². The Bertz CT molecular complexity index is 395. The molecule has 0 spiro atoms. The Hall–Kier alpha value is -0.738. The summed E-state index contributed by atoms with van der Waals surface area (Å²) in [6.45, 7) is 9.54. The fraction of sp³-hybridized carbons (Fsp3) is 0.385. The Morgan fingerprint density at radius 3 is 2.22 bits per heavy atom. The van der Waals surface area contributed by atoms with E-state index in [1.54, 1.807) is 0 Å². The van der Waals surface area contributed by atoms with Gasteiger partial charge in [0.1, 0.15) is 6.61 Å². The second-order valence-corrected chi connectivity index (χ2v) is 4.08. The van der Waals surface area contributed by atoms with Crippen LogP contribution in [-0.4, -0.2) is 5.28 Å². The summed E-state index contributed by atoms with van der Waals surface area (Å²) in [5, 5.41) is 0.502. The molecule has 0 heterocycles. The standard InChI is InChI=1S/C12H17N3O.CH.U/c1-10(2)8-11-4-6-12(7-5-11)9-16-15(13)14-3;;/h3-7,10,13H,8-9H2,1-2H3;1H;. The average Bonchev–Trinajstić information content (AvgIpc) is 2.39. The van der Waals surface area contributed by atoms with Crippen molar-refractivity contribution in [3.8, 4) is 9.89 Å². The molecule has 1 aromatic carbocycles. The van der Waals surface area contributed by atoms with Gasteiger partial charge in [-0.25, -0.2) is 4.84 Å². The zero-order chi connectivity index (χ0) is 14.0.